The van der Waals surface area contributed by atoms with Crippen molar-refractivity contribution < 1.29 is 27.2 Å². The first-order valence-corrected chi connectivity index (χ1v) is 9.99. The predicted octanol–water partition coefficient (Wildman–Crippen LogP) is 4.49. The average molecular weight is 482 g/mol. The molecule has 0 aliphatic heterocycles. The second kappa shape index (κ2) is 9.63. The summed E-state index contributed by atoms with van der Waals surface area (Å²) >= 11 is 5.59. The van der Waals surface area contributed by atoms with Crippen LogP contribution >= 0.6 is 11.6 Å². The minimum absolute atomic E-state index is 0.0403. The maximum absolute atomic E-state index is 13.0. The molecule has 0 saturated heterocycles. The van der Waals surface area contributed by atoms with Gasteiger partial charge in [0.2, 0.25) is 11.8 Å². The van der Waals surface area contributed by atoms with Gasteiger partial charge in [0.1, 0.15) is 5.58 Å². The Morgan fingerprint density at radius 1 is 1.06 bits per heavy atom. The number of amides is 2. The van der Waals surface area contributed by atoms with Gasteiger partial charge in [-0.05, 0) is 42.9 Å². The van der Waals surface area contributed by atoms with E-state index in [0.717, 1.165) is 12.1 Å². The SMILES string of the molecule is CC(=O)Nc1ccc2c(CN(C)CC(=O)Nc3ccc(Cl)c(C(F)(F)F)c3)cc(=O)oc2c1. The third kappa shape index (κ3) is 6.33. The zero-order valence-corrected chi connectivity index (χ0v) is 18.3. The smallest absolute Gasteiger partial charge is 0.417 e. The number of fused-ring (bicyclic) bond motifs is 1. The van der Waals surface area contributed by atoms with Crippen molar-refractivity contribution in [3.63, 3.8) is 0 Å². The van der Waals surface area contributed by atoms with Crippen LogP contribution in [0.2, 0.25) is 5.02 Å². The normalized spacial score (nSPS) is 11.6. The molecule has 3 rings (SSSR count). The summed E-state index contributed by atoms with van der Waals surface area (Å²) in [4.78, 5) is 37.1. The van der Waals surface area contributed by atoms with Crippen LogP contribution in [0.15, 0.2) is 51.7 Å². The molecule has 1 heterocycles. The molecular formula is C22H19ClF3N3O4. The summed E-state index contributed by atoms with van der Waals surface area (Å²) in [5.41, 5.74) is -0.377. The van der Waals surface area contributed by atoms with Crippen molar-refractivity contribution in [2.24, 2.45) is 0 Å². The first-order valence-electron chi connectivity index (χ1n) is 9.62. The standard InChI is InChI=1S/C22H19ClF3N3O4/c1-12(30)27-15-3-5-16-13(7-21(32)33-19(16)9-15)10-29(2)11-20(31)28-14-4-6-18(23)17(8-14)22(24,25)26/h3-9H,10-11H2,1-2H3,(H,27,30)(H,28,31). The third-order valence-electron chi connectivity index (χ3n) is 4.56. The van der Waals surface area contributed by atoms with Gasteiger partial charge in [0.15, 0.2) is 0 Å². The number of hydrogen-bond acceptors (Lipinski definition) is 5. The van der Waals surface area contributed by atoms with Crippen LogP contribution in [0.3, 0.4) is 0 Å². The number of rotatable bonds is 6. The van der Waals surface area contributed by atoms with Gasteiger partial charge in [0.05, 0.1) is 17.1 Å². The lowest BCUT2D eigenvalue weighted by molar-refractivity contribution is -0.137. The van der Waals surface area contributed by atoms with Crippen molar-refractivity contribution >= 4 is 45.8 Å². The van der Waals surface area contributed by atoms with Crippen LogP contribution in [-0.2, 0) is 22.3 Å². The molecule has 174 valence electrons. The van der Waals surface area contributed by atoms with Crippen LogP contribution in [0, 0.1) is 0 Å². The summed E-state index contributed by atoms with van der Waals surface area (Å²) in [6, 6.07) is 9.25. The molecule has 0 bridgehead atoms. The van der Waals surface area contributed by atoms with Gasteiger partial charge in [-0.15, -0.1) is 0 Å². The van der Waals surface area contributed by atoms with Gasteiger partial charge in [0.25, 0.3) is 0 Å². The number of anilines is 2. The Hall–Kier alpha value is -3.37. The van der Waals surface area contributed by atoms with Crippen LogP contribution in [0.5, 0.6) is 0 Å². The molecule has 0 aliphatic rings. The van der Waals surface area contributed by atoms with Gasteiger partial charge in [0, 0.05) is 42.4 Å². The molecule has 2 aromatic carbocycles. The summed E-state index contributed by atoms with van der Waals surface area (Å²) in [6.45, 7) is 1.38. The van der Waals surface area contributed by atoms with Crippen LogP contribution in [0.4, 0.5) is 24.5 Å². The summed E-state index contributed by atoms with van der Waals surface area (Å²) in [5.74, 6) is -0.824. The van der Waals surface area contributed by atoms with E-state index in [1.54, 1.807) is 24.1 Å². The maximum Gasteiger partial charge on any atom is 0.417 e. The van der Waals surface area contributed by atoms with Crippen molar-refractivity contribution in [2.75, 3.05) is 24.2 Å². The number of carbonyl (C=O) groups excluding carboxylic acids is 2. The molecule has 0 spiro atoms. The zero-order chi connectivity index (χ0) is 24.3. The van der Waals surface area contributed by atoms with Crippen molar-refractivity contribution in [3.8, 4) is 0 Å². The van der Waals surface area contributed by atoms with Crippen LogP contribution in [-0.4, -0.2) is 30.3 Å². The third-order valence-corrected chi connectivity index (χ3v) is 4.89. The Balaban J connectivity index is 1.73. The number of nitrogens with zero attached hydrogens (tertiary/aromatic N) is 1. The van der Waals surface area contributed by atoms with Crippen LogP contribution in [0.25, 0.3) is 11.0 Å². The lowest BCUT2D eigenvalue weighted by atomic mass is 10.1. The molecule has 0 atom stereocenters. The number of benzene rings is 2. The fourth-order valence-electron chi connectivity index (χ4n) is 3.25. The number of likely N-dealkylation sites (N-methyl/N-ethyl adjacent to an activating group) is 1. The molecule has 7 nitrogen and oxygen atoms in total. The van der Waals surface area contributed by atoms with Gasteiger partial charge in [-0.2, -0.15) is 13.2 Å². The Kier molecular flexibility index (Phi) is 7.09. The van der Waals surface area contributed by atoms with Crippen LogP contribution < -0.4 is 16.3 Å². The molecule has 3 aromatic rings. The van der Waals surface area contributed by atoms with E-state index in [1.165, 1.54) is 25.1 Å². The number of nitrogens with one attached hydrogen (secondary N) is 2. The summed E-state index contributed by atoms with van der Waals surface area (Å²) < 4.78 is 44.2. The topological polar surface area (TPSA) is 91.7 Å². The second-order valence-electron chi connectivity index (χ2n) is 7.40. The molecule has 0 unspecified atom stereocenters. The van der Waals surface area contributed by atoms with E-state index in [-0.39, 0.29) is 30.3 Å². The number of hydrogen-bond donors (Lipinski definition) is 2. The lowest BCUT2D eigenvalue weighted by Gasteiger charge is -2.18. The van der Waals surface area contributed by atoms with E-state index in [9.17, 15) is 27.6 Å². The fraction of sp³-hybridized carbons (Fsp3) is 0.227. The number of alkyl halides is 3. The van der Waals surface area contributed by atoms with Gasteiger partial charge >= 0.3 is 11.8 Å². The van der Waals surface area contributed by atoms with E-state index in [1.807, 2.05) is 0 Å². The number of carbonyl (C=O) groups is 2. The van der Waals surface area contributed by atoms with Gasteiger partial charge < -0.3 is 15.1 Å². The molecular weight excluding hydrogens is 463 g/mol. The van der Waals surface area contributed by atoms with E-state index < -0.39 is 28.3 Å². The van der Waals surface area contributed by atoms with Gasteiger partial charge in [-0.1, -0.05) is 11.6 Å². The Morgan fingerprint density at radius 3 is 2.39 bits per heavy atom. The second-order valence-corrected chi connectivity index (χ2v) is 7.80. The first kappa shape index (κ1) is 24.3. The van der Waals surface area contributed by atoms with E-state index in [4.69, 9.17) is 16.0 Å². The van der Waals surface area contributed by atoms with Gasteiger partial charge in [-0.25, -0.2) is 4.79 Å². The highest BCUT2D eigenvalue weighted by Crippen LogP contribution is 2.36. The highest BCUT2D eigenvalue weighted by molar-refractivity contribution is 6.31. The van der Waals surface area contributed by atoms with Crippen molar-refractivity contribution in [1.82, 2.24) is 4.90 Å². The molecule has 0 fully saturated rings. The summed E-state index contributed by atoms with van der Waals surface area (Å²) in [5, 5.41) is 5.16. The highest BCUT2D eigenvalue weighted by Gasteiger charge is 2.33. The molecule has 11 heteroatoms. The average Bonchev–Trinajstić information content (AvgIpc) is 2.67. The molecule has 2 amide bonds. The quantitative estimate of drug-likeness (QED) is 0.506. The maximum atomic E-state index is 13.0. The Morgan fingerprint density at radius 2 is 1.73 bits per heavy atom. The Labute approximate surface area is 191 Å². The van der Waals surface area contributed by atoms with Crippen LogP contribution in [0.1, 0.15) is 18.1 Å². The molecule has 1 aromatic heterocycles. The summed E-state index contributed by atoms with van der Waals surface area (Å²) in [6.07, 6.45) is -4.65. The largest absolute Gasteiger partial charge is 0.423 e. The Bertz CT molecular complexity index is 1270. The molecule has 2 N–H and O–H groups in total. The summed E-state index contributed by atoms with van der Waals surface area (Å²) in [7, 11) is 1.62. The van der Waals surface area contributed by atoms with Crippen molar-refractivity contribution in [2.45, 2.75) is 19.6 Å². The van der Waals surface area contributed by atoms with E-state index in [0.29, 0.717) is 16.6 Å². The zero-order valence-electron chi connectivity index (χ0n) is 17.5. The van der Waals surface area contributed by atoms with Crippen molar-refractivity contribution in [3.05, 3.63) is 69.0 Å². The fourth-order valence-corrected chi connectivity index (χ4v) is 3.48. The molecule has 0 aliphatic carbocycles. The minimum Gasteiger partial charge on any atom is -0.423 e. The van der Waals surface area contributed by atoms with Crippen molar-refractivity contribution in [1.29, 1.82) is 0 Å². The molecule has 0 radical (unpaired) electrons. The van der Waals surface area contributed by atoms with Gasteiger partial charge in [-0.3, -0.25) is 14.5 Å². The first-order chi connectivity index (χ1) is 15.4. The molecule has 0 saturated carbocycles. The lowest BCUT2D eigenvalue weighted by Crippen LogP contribution is -2.30. The highest BCUT2D eigenvalue weighted by atomic mass is 35.5. The van der Waals surface area contributed by atoms with E-state index >= 15 is 0 Å². The molecule has 33 heavy (non-hydrogen) atoms. The number of halogens is 4. The monoisotopic (exact) mass is 481 g/mol. The predicted molar refractivity (Wildman–Crippen MR) is 118 cm³/mol. The van der Waals surface area contributed by atoms with E-state index in [2.05, 4.69) is 10.6 Å². The minimum atomic E-state index is -4.65.